The highest BCUT2D eigenvalue weighted by Crippen LogP contribution is 2.52. The first-order valence-electron chi connectivity index (χ1n) is 12.0. The number of phenolic OH excluding ortho intramolecular Hbond substituents is 1. The summed E-state index contributed by atoms with van der Waals surface area (Å²) in [4.78, 5) is 2.77. The van der Waals surface area contributed by atoms with Gasteiger partial charge in [-0.05, 0) is 98.9 Å². The van der Waals surface area contributed by atoms with Crippen LogP contribution in [0, 0.1) is 11.8 Å². The standard InChI is InChI=1S/C24H37NO2.CH4O3S/c1-4-10-23(2,27)11-9-20-22-14-18-7-8-19(26)15-21(18)24(20,3)12-13-25(22)16-17-5-6-17;1-5(2,3)4/h7-8,15,17,20,22,26-27H,4-6,9-14,16H2,1-3H3;1H3,(H,2,3,4)/t20-,22-,23?,24+;/m1./s1. The molecular weight excluding hydrogens is 426 g/mol. The van der Waals surface area contributed by atoms with Crippen LogP contribution >= 0.6 is 0 Å². The number of benzene rings is 1. The van der Waals surface area contributed by atoms with Crippen LogP contribution in [0.1, 0.15) is 76.8 Å². The molecule has 0 amide bonds. The van der Waals surface area contributed by atoms with Gasteiger partial charge in [-0.2, -0.15) is 8.42 Å². The Hall–Kier alpha value is -1.15. The smallest absolute Gasteiger partial charge is 0.261 e. The second kappa shape index (κ2) is 9.61. The Labute approximate surface area is 193 Å². The molecule has 0 spiro atoms. The summed E-state index contributed by atoms with van der Waals surface area (Å²) in [6.07, 6.45) is 9.64. The van der Waals surface area contributed by atoms with Gasteiger partial charge in [-0.15, -0.1) is 0 Å². The monoisotopic (exact) mass is 467 g/mol. The molecule has 182 valence electrons. The largest absolute Gasteiger partial charge is 0.508 e. The summed E-state index contributed by atoms with van der Waals surface area (Å²) in [5.74, 6) is 1.87. The number of piperidine rings is 1. The van der Waals surface area contributed by atoms with Crippen LogP contribution in [0.2, 0.25) is 0 Å². The number of likely N-dealkylation sites (tertiary alicyclic amines) is 1. The molecule has 3 aliphatic rings. The van der Waals surface area contributed by atoms with Crippen molar-refractivity contribution < 1.29 is 23.2 Å². The van der Waals surface area contributed by atoms with E-state index in [1.54, 1.807) is 0 Å². The lowest BCUT2D eigenvalue weighted by molar-refractivity contribution is -0.0127. The van der Waals surface area contributed by atoms with Crippen molar-refractivity contribution >= 4 is 10.1 Å². The zero-order valence-corrected chi connectivity index (χ0v) is 20.9. The van der Waals surface area contributed by atoms with Gasteiger partial charge in [-0.3, -0.25) is 9.45 Å². The second-order valence-electron chi connectivity index (χ2n) is 10.8. The Morgan fingerprint density at radius 3 is 2.50 bits per heavy atom. The minimum Gasteiger partial charge on any atom is -0.508 e. The van der Waals surface area contributed by atoms with Gasteiger partial charge in [0.2, 0.25) is 0 Å². The van der Waals surface area contributed by atoms with Crippen LogP contribution in [-0.2, 0) is 22.0 Å². The predicted octanol–water partition coefficient (Wildman–Crippen LogP) is 4.14. The van der Waals surface area contributed by atoms with Gasteiger partial charge in [0, 0.05) is 12.6 Å². The average Bonchev–Trinajstić information content (AvgIpc) is 3.47. The highest BCUT2D eigenvalue weighted by atomic mass is 32.2. The molecule has 2 bridgehead atoms. The van der Waals surface area contributed by atoms with Gasteiger partial charge in [-0.1, -0.05) is 26.3 Å². The third kappa shape index (κ3) is 6.46. The van der Waals surface area contributed by atoms with Crippen molar-refractivity contribution in [3.05, 3.63) is 29.3 Å². The van der Waals surface area contributed by atoms with E-state index in [1.165, 1.54) is 37.1 Å². The second-order valence-corrected chi connectivity index (χ2v) is 12.3. The van der Waals surface area contributed by atoms with Crippen LogP contribution in [0.25, 0.3) is 0 Å². The molecule has 1 unspecified atom stereocenters. The summed E-state index contributed by atoms with van der Waals surface area (Å²) in [5, 5.41) is 20.9. The van der Waals surface area contributed by atoms with E-state index in [0.29, 0.717) is 24.0 Å². The summed E-state index contributed by atoms with van der Waals surface area (Å²) in [5.41, 5.74) is 2.35. The fourth-order valence-electron chi connectivity index (χ4n) is 6.01. The van der Waals surface area contributed by atoms with E-state index < -0.39 is 15.7 Å². The van der Waals surface area contributed by atoms with E-state index in [-0.39, 0.29) is 5.41 Å². The van der Waals surface area contributed by atoms with Gasteiger partial charge < -0.3 is 10.2 Å². The Morgan fingerprint density at radius 2 is 1.91 bits per heavy atom. The summed E-state index contributed by atoms with van der Waals surface area (Å²) < 4.78 is 25.9. The van der Waals surface area contributed by atoms with E-state index in [2.05, 4.69) is 24.8 Å². The van der Waals surface area contributed by atoms with Crippen LogP contribution in [0.4, 0.5) is 0 Å². The van der Waals surface area contributed by atoms with E-state index in [1.807, 2.05) is 19.1 Å². The van der Waals surface area contributed by atoms with E-state index in [9.17, 15) is 18.6 Å². The number of nitrogens with zero attached hydrogens (tertiary/aromatic N) is 1. The van der Waals surface area contributed by atoms with Gasteiger partial charge in [0.15, 0.2) is 0 Å². The number of rotatable bonds is 7. The predicted molar refractivity (Wildman–Crippen MR) is 128 cm³/mol. The molecule has 4 atom stereocenters. The maximum Gasteiger partial charge on any atom is 0.261 e. The maximum atomic E-state index is 10.8. The number of fused-ring (bicyclic) bond motifs is 4. The average molecular weight is 468 g/mol. The van der Waals surface area contributed by atoms with Gasteiger partial charge in [-0.25, -0.2) is 0 Å². The molecular formula is C25H41NO5S. The molecule has 1 heterocycles. The quantitative estimate of drug-likeness (QED) is 0.521. The van der Waals surface area contributed by atoms with Gasteiger partial charge in [0.05, 0.1) is 11.9 Å². The van der Waals surface area contributed by atoms with Crippen molar-refractivity contribution in [1.82, 2.24) is 4.90 Å². The van der Waals surface area contributed by atoms with E-state index >= 15 is 0 Å². The molecule has 1 aromatic carbocycles. The summed E-state index contributed by atoms with van der Waals surface area (Å²) in [7, 11) is -3.67. The number of aromatic hydroxyl groups is 1. The number of hydrogen-bond donors (Lipinski definition) is 3. The van der Waals surface area contributed by atoms with Crippen LogP contribution in [0.3, 0.4) is 0 Å². The molecule has 32 heavy (non-hydrogen) atoms. The summed E-state index contributed by atoms with van der Waals surface area (Å²) in [6, 6.07) is 6.62. The minimum atomic E-state index is -3.67. The van der Waals surface area contributed by atoms with Crippen molar-refractivity contribution in [2.45, 2.75) is 89.2 Å². The van der Waals surface area contributed by atoms with Crippen molar-refractivity contribution in [2.75, 3.05) is 19.3 Å². The van der Waals surface area contributed by atoms with Crippen LogP contribution in [0.15, 0.2) is 18.2 Å². The number of hydrogen-bond acceptors (Lipinski definition) is 5. The summed E-state index contributed by atoms with van der Waals surface area (Å²) >= 11 is 0. The Balaban J connectivity index is 0.000000523. The molecule has 7 heteroatoms. The van der Waals surface area contributed by atoms with Crippen LogP contribution in [0.5, 0.6) is 5.75 Å². The Kier molecular flexibility index (Phi) is 7.65. The molecule has 1 aromatic rings. The van der Waals surface area contributed by atoms with Crippen molar-refractivity contribution in [3.63, 3.8) is 0 Å². The van der Waals surface area contributed by atoms with Crippen molar-refractivity contribution in [1.29, 1.82) is 0 Å². The zero-order valence-electron chi connectivity index (χ0n) is 20.0. The lowest BCUT2D eigenvalue weighted by Crippen LogP contribution is -2.59. The Morgan fingerprint density at radius 1 is 1.25 bits per heavy atom. The van der Waals surface area contributed by atoms with Crippen molar-refractivity contribution in [2.24, 2.45) is 11.8 Å². The van der Waals surface area contributed by atoms with Gasteiger partial charge in [0.1, 0.15) is 5.75 Å². The lowest BCUT2D eigenvalue weighted by atomic mass is 9.56. The van der Waals surface area contributed by atoms with Crippen LogP contribution in [-0.4, -0.2) is 59.1 Å². The highest BCUT2D eigenvalue weighted by molar-refractivity contribution is 7.85. The first kappa shape index (κ1) is 25.5. The first-order chi connectivity index (χ1) is 14.8. The molecule has 2 fully saturated rings. The Bertz CT molecular complexity index is 888. The summed E-state index contributed by atoms with van der Waals surface area (Å²) in [6.45, 7) is 9.02. The minimum absolute atomic E-state index is 0.110. The molecule has 2 aliphatic carbocycles. The van der Waals surface area contributed by atoms with Crippen molar-refractivity contribution in [3.8, 4) is 5.75 Å². The zero-order chi connectivity index (χ0) is 23.7. The number of phenols is 1. The van der Waals surface area contributed by atoms with Gasteiger partial charge in [0.25, 0.3) is 10.1 Å². The van der Waals surface area contributed by atoms with E-state index in [0.717, 1.165) is 44.4 Å². The van der Waals surface area contributed by atoms with Crippen LogP contribution < -0.4 is 0 Å². The maximum absolute atomic E-state index is 10.8. The number of aliphatic hydroxyl groups is 1. The highest BCUT2D eigenvalue weighted by Gasteiger charge is 2.51. The third-order valence-corrected chi connectivity index (χ3v) is 7.78. The normalized spacial score (nSPS) is 29.4. The molecule has 1 aliphatic heterocycles. The van der Waals surface area contributed by atoms with E-state index in [4.69, 9.17) is 4.55 Å². The molecule has 6 nitrogen and oxygen atoms in total. The first-order valence-corrected chi connectivity index (χ1v) is 13.9. The third-order valence-electron chi connectivity index (χ3n) is 7.78. The molecule has 1 saturated heterocycles. The fraction of sp³-hybridized carbons (Fsp3) is 0.760. The van der Waals surface area contributed by atoms with Gasteiger partial charge >= 0.3 is 0 Å². The lowest BCUT2D eigenvalue weighted by Gasteiger charge is -2.56. The molecule has 0 radical (unpaired) electrons. The molecule has 0 aromatic heterocycles. The molecule has 3 N–H and O–H groups in total. The SMILES string of the molecule is CCCC(C)(O)CC[C@@H]1[C@H]2Cc3ccc(O)cc3[C@@]1(C)CCN2CC1CC1.CS(=O)(=O)O. The molecule has 1 saturated carbocycles. The molecule has 4 rings (SSSR count). The topological polar surface area (TPSA) is 98.1 Å². The fourth-order valence-corrected chi connectivity index (χ4v) is 6.01.